The lowest BCUT2D eigenvalue weighted by Gasteiger charge is -2.25. The summed E-state index contributed by atoms with van der Waals surface area (Å²) in [6.07, 6.45) is 2.65. The normalized spacial score (nSPS) is 16.8. The molecule has 1 saturated heterocycles. The van der Waals surface area contributed by atoms with E-state index in [-0.39, 0.29) is 40.9 Å². The summed E-state index contributed by atoms with van der Waals surface area (Å²) in [7, 11) is -1.86. The maximum Gasteiger partial charge on any atom is 0.421 e. The standard InChI is InChI=1S/C24H29F4N5O3.CH5NO2S/c1-35-20-12-18(25)16(22(34)31-15-7-9-36-10-8-15)11-19(20)32-23-29-13-17(24(26,27)28)21(33-23)30-14-5-3-2-4-6-14;1-5(2,3)4/h11-15H,2-10H2,1H3,(H,31,34)(H2,29,30,32,33);1H3,(H2,2,3,4). The summed E-state index contributed by atoms with van der Waals surface area (Å²) in [4.78, 5) is 20.6. The number of sulfonamides is 1. The number of rotatable bonds is 7. The Morgan fingerprint density at radius 2 is 1.73 bits per heavy atom. The van der Waals surface area contributed by atoms with Crippen LogP contribution in [0.3, 0.4) is 0 Å². The molecule has 228 valence electrons. The lowest BCUT2D eigenvalue weighted by molar-refractivity contribution is -0.137. The van der Waals surface area contributed by atoms with Crippen LogP contribution in [0.1, 0.15) is 60.9 Å². The summed E-state index contributed by atoms with van der Waals surface area (Å²) >= 11 is 0. The molecule has 0 unspecified atom stereocenters. The van der Waals surface area contributed by atoms with Gasteiger partial charge in [-0.3, -0.25) is 4.79 Å². The van der Waals surface area contributed by atoms with E-state index in [1.54, 1.807) is 0 Å². The van der Waals surface area contributed by atoms with Crippen molar-refractivity contribution in [2.24, 2.45) is 5.14 Å². The second-order valence-corrected chi connectivity index (χ2v) is 11.4. The van der Waals surface area contributed by atoms with E-state index in [0.29, 0.717) is 32.3 Å². The number of aromatic nitrogens is 2. The average molecular weight is 607 g/mol. The average Bonchev–Trinajstić information content (AvgIpc) is 2.89. The number of primary sulfonamides is 1. The van der Waals surface area contributed by atoms with Gasteiger partial charge in [-0.25, -0.2) is 22.9 Å². The number of nitrogens with zero attached hydrogens (tertiary/aromatic N) is 2. The zero-order valence-electron chi connectivity index (χ0n) is 22.7. The van der Waals surface area contributed by atoms with Crippen molar-refractivity contribution in [3.05, 3.63) is 35.3 Å². The molecular weight excluding hydrogens is 572 g/mol. The molecule has 2 aliphatic rings. The molecule has 4 rings (SSSR count). The zero-order valence-corrected chi connectivity index (χ0v) is 23.5. The number of methoxy groups -OCH3 is 1. The van der Waals surface area contributed by atoms with E-state index in [1.807, 2.05) is 0 Å². The number of carbonyl (C=O) groups excluding carboxylic acids is 1. The molecule has 0 atom stereocenters. The van der Waals surface area contributed by atoms with Crippen LogP contribution in [0, 0.1) is 5.82 Å². The number of halogens is 4. The highest BCUT2D eigenvalue weighted by atomic mass is 32.2. The lowest BCUT2D eigenvalue weighted by Crippen LogP contribution is -2.39. The number of amides is 1. The molecule has 1 aromatic heterocycles. The Kier molecular flexibility index (Phi) is 11.1. The van der Waals surface area contributed by atoms with Gasteiger partial charge in [-0.2, -0.15) is 18.2 Å². The molecule has 16 heteroatoms. The molecule has 0 radical (unpaired) electrons. The van der Waals surface area contributed by atoms with Gasteiger partial charge in [-0.05, 0) is 31.7 Å². The third kappa shape index (κ3) is 10.3. The van der Waals surface area contributed by atoms with Crippen molar-refractivity contribution >= 4 is 33.4 Å². The third-order valence-electron chi connectivity index (χ3n) is 6.38. The number of nitrogens with one attached hydrogen (secondary N) is 3. The van der Waals surface area contributed by atoms with E-state index < -0.39 is 33.5 Å². The number of ether oxygens (including phenoxy) is 2. The fraction of sp³-hybridized carbons (Fsp3) is 0.560. The first-order valence-electron chi connectivity index (χ1n) is 13.0. The van der Waals surface area contributed by atoms with E-state index in [4.69, 9.17) is 9.47 Å². The largest absolute Gasteiger partial charge is 0.494 e. The van der Waals surface area contributed by atoms with Gasteiger partial charge < -0.3 is 25.4 Å². The predicted molar refractivity (Wildman–Crippen MR) is 144 cm³/mol. The zero-order chi connectivity index (χ0) is 30.2. The van der Waals surface area contributed by atoms with Crippen LogP contribution in [-0.4, -0.2) is 63.0 Å². The number of benzene rings is 1. The van der Waals surface area contributed by atoms with Gasteiger partial charge in [0.1, 0.15) is 22.9 Å². The smallest absolute Gasteiger partial charge is 0.421 e. The maximum absolute atomic E-state index is 14.7. The number of nitrogens with two attached hydrogens (primary N) is 1. The molecule has 2 fully saturated rings. The number of carbonyl (C=O) groups is 1. The molecule has 0 bridgehead atoms. The second-order valence-electron chi connectivity index (χ2n) is 9.78. The third-order valence-corrected chi connectivity index (χ3v) is 6.38. The van der Waals surface area contributed by atoms with E-state index in [9.17, 15) is 30.8 Å². The highest BCUT2D eigenvalue weighted by Gasteiger charge is 2.36. The molecule has 2 heterocycles. The predicted octanol–water partition coefficient (Wildman–Crippen LogP) is 3.94. The summed E-state index contributed by atoms with van der Waals surface area (Å²) in [6.45, 7) is 1.01. The molecular formula is C25H34F4N6O5S. The van der Waals surface area contributed by atoms with Crippen molar-refractivity contribution in [2.45, 2.75) is 63.2 Å². The van der Waals surface area contributed by atoms with Gasteiger partial charge in [0.25, 0.3) is 5.91 Å². The molecule has 11 nitrogen and oxygen atoms in total. The van der Waals surface area contributed by atoms with Crippen LogP contribution in [0.5, 0.6) is 5.75 Å². The Morgan fingerprint density at radius 3 is 2.32 bits per heavy atom. The van der Waals surface area contributed by atoms with E-state index in [2.05, 4.69) is 31.1 Å². The van der Waals surface area contributed by atoms with Gasteiger partial charge in [0.2, 0.25) is 16.0 Å². The Labute approximate surface area is 235 Å². The maximum atomic E-state index is 14.7. The monoisotopic (exact) mass is 606 g/mol. The number of hydrogen-bond acceptors (Lipinski definition) is 9. The van der Waals surface area contributed by atoms with Gasteiger partial charge in [-0.15, -0.1) is 0 Å². The SMILES string of the molecule is COc1cc(F)c(C(=O)NC2CCOCC2)cc1Nc1ncc(C(F)(F)F)c(NC2CCCCC2)n1.CS(N)(=O)=O. The van der Waals surface area contributed by atoms with Crippen LogP contribution in [0.15, 0.2) is 18.3 Å². The van der Waals surface area contributed by atoms with Crippen molar-refractivity contribution in [3.8, 4) is 5.75 Å². The summed E-state index contributed by atoms with van der Waals surface area (Å²) < 4.78 is 84.8. The highest BCUT2D eigenvalue weighted by molar-refractivity contribution is 7.88. The van der Waals surface area contributed by atoms with Gasteiger partial charge in [-0.1, -0.05) is 19.3 Å². The van der Waals surface area contributed by atoms with Crippen LogP contribution in [0.4, 0.5) is 35.0 Å². The number of anilines is 3. The Balaban J connectivity index is 0.000000850. The fourth-order valence-corrected chi connectivity index (χ4v) is 4.42. The van der Waals surface area contributed by atoms with Gasteiger partial charge >= 0.3 is 6.18 Å². The number of alkyl halides is 3. The van der Waals surface area contributed by atoms with E-state index in [1.165, 1.54) is 13.2 Å². The topological polar surface area (TPSA) is 158 Å². The van der Waals surface area contributed by atoms with Gasteiger partial charge in [0.05, 0.1) is 24.6 Å². The van der Waals surface area contributed by atoms with Crippen LogP contribution in [0.25, 0.3) is 0 Å². The Hall–Kier alpha value is -3.24. The second kappa shape index (κ2) is 14.1. The van der Waals surface area contributed by atoms with Crippen LogP contribution < -0.4 is 25.8 Å². The fourth-order valence-electron chi connectivity index (χ4n) is 4.42. The van der Waals surface area contributed by atoms with E-state index >= 15 is 0 Å². The van der Waals surface area contributed by atoms with Crippen molar-refractivity contribution in [3.63, 3.8) is 0 Å². The molecule has 41 heavy (non-hydrogen) atoms. The van der Waals surface area contributed by atoms with Crippen molar-refractivity contribution in [1.82, 2.24) is 15.3 Å². The first kappa shape index (κ1) is 32.3. The van der Waals surface area contributed by atoms with Crippen LogP contribution in [0.2, 0.25) is 0 Å². The van der Waals surface area contributed by atoms with Crippen molar-refractivity contribution in [2.75, 3.05) is 37.2 Å². The minimum Gasteiger partial charge on any atom is -0.494 e. The summed E-state index contributed by atoms with van der Waals surface area (Å²) in [5.41, 5.74) is -1.07. The quantitative estimate of drug-likeness (QED) is 0.343. The van der Waals surface area contributed by atoms with Crippen LogP contribution >= 0.6 is 0 Å². The Bertz CT molecular complexity index is 1290. The lowest BCUT2D eigenvalue weighted by atomic mass is 9.95. The molecule has 1 aliphatic carbocycles. The highest BCUT2D eigenvalue weighted by Crippen LogP contribution is 2.36. The minimum atomic E-state index is -4.64. The molecule has 2 aromatic rings. The van der Waals surface area contributed by atoms with E-state index in [0.717, 1.165) is 44.4 Å². The Morgan fingerprint density at radius 1 is 1.10 bits per heavy atom. The van der Waals surface area contributed by atoms with Gasteiger partial charge in [0, 0.05) is 37.6 Å². The first-order chi connectivity index (χ1) is 19.2. The molecule has 5 N–H and O–H groups in total. The molecule has 1 amide bonds. The summed E-state index contributed by atoms with van der Waals surface area (Å²) in [6, 6.07) is 2.00. The molecule has 1 saturated carbocycles. The number of hydrogen-bond donors (Lipinski definition) is 4. The first-order valence-corrected chi connectivity index (χ1v) is 14.9. The molecule has 0 spiro atoms. The summed E-state index contributed by atoms with van der Waals surface area (Å²) in [5, 5.41) is 12.8. The van der Waals surface area contributed by atoms with Crippen molar-refractivity contribution < 1.29 is 40.2 Å². The van der Waals surface area contributed by atoms with Crippen LogP contribution in [-0.2, 0) is 20.9 Å². The summed E-state index contributed by atoms with van der Waals surface area (Å²) in [5.74, 6) is -1.85. The van der Waals surface area contributed by atoms with Crippen molar-refractivity contribution in [1.29, 1.82) is 0 Å². The molecule has 1 aromatic carbocycles. The minimum absolute atomic E-state index is 0.0420. The van der Waals surface area contributed by atoms with Gasteiger partial charge in [0.15, 0.2) is 0 Å². The molecule has 1 aliphatic heterocycles.